The molecule has 9 heteroatoms. The number of alkyl halides is 3. The zero-order valence-corrected chi connectivity index (χ0v) is 15.4. The number of allylic oxidation sites excluding steroid dienone is 3. The Bertz CT molecular complexity index is 1050. The Balaban J connectivity index is 1.65. The molecule has 0 bridgehead atoms. The Morgan fingerprint density at radius 1 is 1.13 bits per heavy atom. The van der Waals surface area contributed by atoms with E-state index >= 15 is 0 Å². The number of aromatic nitrogens is 1. The molecule has 1 aromatic heterocycles. The summed E-state index contributed by atoms with van der Waals surface area (Å²) in [4.78, 5) is 18.2. The fourth-order valence-corrected chi connectivity index (χ4v) is 3.35. The maximum Gasteiger partial charge on any atom is 0.414 e. The number of amides is 1. The number of fused-ring (bicyclic) bond motifs is 1. The molecule has 2 aromatic rings. The van der Waals surface area contributed by atoms with Gasteiger partial charge in [-0.05, 0) is 30.4 Å². The minimum absolute atomic E-state index is 0.0889. The van der Waals surface area contributed by atoms with Crippen LogP contribution in [0.5, 0.6) is 0 Å². The fraction of sp³-hybridized carbons (Fsp3) is 0.143. The summed E-state index contributed by atoms with van der Waals surface area (Å²) in [7, 11) is 0. The predicted octanol–water partition coefficient (Wildman–Crippen LogP) is 3.84. The molecule has 0 saturated heterocycles. The molecule has 5 nitrogen and oxygen atoms in total. The third-order valence-electron chi connectivity index (χ3n) is 4.72. The Labute approximate surface area is 169 Å². The third kappa shape index (κ3) is 3.66. The number of pyridine rings is 1. The van der Waals surface area contributed by atoms with Gasteiger partial charge < -0.3 is 15.5 Å². The summed E-state index contributed by atoms with van der Waals surface area (Å²) in [5.41, 5.74) is 0.178. The molecule has 2 aliphatic heterocycles. The van der Waals surface area contributed by atoms with Crippen LogP contribution in [-0.4, -0.2) is 22.0 Å². The highest BCUT2D eigenvalue weighted by molar-refractivity contribution is 5.95. The number of rotatable bonds is 4. The van der Waals surface area contributed by atoms with Gasteiger partial charge in [-0.1, -0.05) is 30.3 Å². The van der Waals surface area contributed by atoms with E-state index in [1.807, 2.05) is 5.32 Å². The summed E-state index contributed by atoms with van der Waals surface area (Å²) < 4.78 is 55.1. The molecule has 2 atom stereocenters. The van der Waals surface area contributed by atoms with Crippen LogP contribution in [0.15, 0.2) is 84.5 Å². The van der Waals surface area contributed by atoms with Gasteiger partial charge in [-0.2, -0.15) is 13.2 Å². The second-order valence-corrected chi connectivity index (χ2v) is 6.64. The Morgan fingerprint density at radius 2 is 1.90 bits per heavy atom. The Hall–Kier alpha value is -3.62. The van der Waals surface area contributed by atoms with E-state index in [9.17, 15) is 22.4 Å². The molecule has 2 unspecified atom stereocenters. The van der Waals surface area contributed by atoms with Crippen LogP contribution in [-0.2, 0) is 4.79 Å². The van der Waals surface area contributed by atoms with Crippen molar-refractivity contribution in [3.05, 3.63) is 102 Å². The first-order chi connectivity index (χ1) is 14.4. The molecule has 154 valence electrons. The highest BCUT2D eigenvalue weighted by atomic mass is 19.4. The quantitative estimate of drug-likeness (QED) is 0.744. The van der Waals surface area contributed by atoms with Crippen LogP contribution in [0, 0.1) is 5.82 Å². The molecule has 30 heavy (non-hydrogen) atoms. The first-order valence-corrected chi connectivity index (χ1v) is 9.03. The van der Waals surface area contributed by atoms with E-state index in [-0.39, 0.29) is 17.0 Å². The van der Waals surface area contributed by atoms with Crippen LogP contribution in [0.4, 0.5) is 17.6 Å². The zero-order chi connectivity index (χ0) is 21.3. The summed E-state index contributed by atoms with van der Waals surface area (Å²) in [6.45, 7) is 0. The van der Waals surface area contributed by atoms with Crippen molar-refractivity contribution < 1.29 is 22.4 Å². The number of nitrogens with one attached hydrogen (secondary N) is 2. The van der Waals surface area contributed by atoms with Gasteiger partial charge in [-0.15, -0.1) is 0 Å². The van der Waals surface area contributed by atoms with Crippen molar-refractivity contribution in [2.24, 2.45) is 0 Å². The van der Waals surface area contributed by atoms with Crippen LogP contribution < -0.4 is 10.6 Å². The average molecular weight is 416 g/mol. The van der Waals surface area contributed by atoms with Crippen molar-refractivity contribution in [3.8, 4) is 0 Å². The molecular weight excluding hydrogens is 400 g/mol. The van der Waals surface area contributed by atoms with Crippen molar-refractivity contribution in [1.82, 2.24) is 20.5 Å². The monoisotopic (exact) mass is 416 g/mol. The van der Waals surface area contributed by atoms with Crippen LogP contribution in [0.1, 0.15) is 23.5 Å². The number of halogens is 4. The van der Waals surface area contributed by atoms with Crippen LogP contribution >= 0.6 is 0 Å². The van der Waals surface area contributed by atoms with Crippen molar-refractivity contribution in [1.29, 1.82) is 0 Å². The molecule has 2 aliphatic rings. The third-order valence-corrected chi connectivity index (χ3v) is 4.72. The van der Waals surface area contributed by atoms with E-state index in [0.29, 0.717) is 5.70 Å². The van der Waals surface area contributed by atoms with E-state index < -0.39 is 30.1 Å². The summed E-state index contributed by atoms with van der Waals surface area (Å²) in [5.74, 6) is -1.47. The molecule has 2 N–H and O–H groups in total. The number of benzene rings is 1. The van der Waals surface area contributed by atoms with Crippen molar-refractivity contribution >= 4 is 5.91 Å². The molecule has 0 spiro atoms. The van der Waals surface area contributed by atoms with E-state index in [1.54, 1.807) is 41.5 Å². The van der Waals surface area contributed by atoms with E-state index in [1.165, 1.54) is 36.5 Å². The fourth-order valence-electron chi connectivity index (χ4n) is 3.35. The highest BCUT2D eigenvalue weighted by Crippen LogP contribution is 2.36. The van der Waals surface area contributed by atoms with Gasteiger partial charge in [0.25, 0.3) is 5.91 Å². The van der Waals surface area contributed by atoms with Gasteiger partial charge in [0.1, 0.15) is 17.7 Å². The molecular formula is C21H16F4N4O. The van der Waals surface area contributed by atoms with Gasteiger partial charge in [-0.25, -0.2) is 4.39 Å². The SMILES string of the molecule is O=C(NC(c1ccccn1)C(F)(F)F)C1=C2C=CC=CN2C(c2ccccc2F)N1. The zero-order valence-electron chi connectivity index (χ0n) is 15.4. The van der Waals surface area contributed by atoms with Gasteiger partial charge >= 0.3 is 6.18 Å². The maximum atomic E-state index is 14.3. The second kappa shape index (κ2) is 7.66. The smallest absolute Gasteiger partial charge is 0.355 e. The molecule has 0 saturated carbocycles. The van der Waals surface area contributed by atoms with Gasteiger partial charge in [0.2, 0.25) is 0 Å². The lowest BCUT2D eigenvalue weighted by atomic mass is 10.1. The van der Waals surface area contributed by atoms with Gasteiger partial charge in [-0.3, -0.25) is 9.78 Å². The largest absolute Gasteiger partial charge is 0.414 e. The lowest BCUT2D eigenvalue weighted by Crippen LogP contribution is -2.41. The summed E-state index contributed by atoms with van der Waals surface area (Å²) in [6, 6.07) is 7.79. The lowest BCUT2D eigenvalue weighted by Gasteiger charge is -2.26. The minimum atomic E-state index is -4.75. The molecule has 0 aliphatic carbocycles. The number of carbonyl (C=O) groups excluding carboxylic acids is 1. The maximum absolute atomic E-state index is 14.3. The van der Waals surface area contributed by atoms with Crippen LogP contribution in [0.3, 0.4) is 0 Å². The van der Waals surface area contributed by atoms with E-state index in [4.69, 9.17) is 0 Å². The number of hydrogen-bond acceptors (Lipinski definition) is 4. The predicted molar refractivity (Wildman–Crippen MR) is 101 cm³/mol. The molecule has 4 rings (SSSR count). The summed E-state index contributed by atoms with van der Waals surface area (Å²) >= 11 is 0. The average Bonchev–Trinajstić information content (AvgIpc) is 3.12. The standard InChI is InChI=1S/C21H16F4N4O/c22-14-8-2-1-7-13(14)19-27-17(16-10-4-6-12-29(16)19)20(30)28-18(21(23,24)25)15-9-3-5-11-26-15/h1-12,18-19,27H,(H,28,30). The van der Waals surface area contributed by atoms with Crippen molar-refractivity contribution in [3.63, 3.8) is 0 Å². The molecule has 1 aromatic carbocycles. The summed E-state index contributed by atoms with van der Waals surface area (Å²) in [5, 5.41) is 4.87. The second-order valence-electron chi connectivity index (χ2n) is 6.64. The normalized spacial score (nSPS) is 18.8. The summed E-state index contributed by atoms with van der Waals surface area (Å²) in [6.07, 6.45) is 2.23. The first-order valence-electron chi connectivity index (χ1n) is 9.03. The van der Waals surface area contributed by atoms with Gasteiger partial charge in [0.05, 0.1) is 11.4 Å². The van der Waals surface area contributed by atoms with E-state index in [2.05, 4.69) is 10.3 Å². The molecule has 0 radical (unpaired) electrons. The molecule has 0 fully saturated rings. The van der Waals surface area contributed by atoms with Crippen LogP contribution in [0.2, 0.25) is 0 Å². The first kappa shape index (κ1) is 19.7. The molecule has 1 amide bonds. The van der Waals surface area contributed by atoms with Crippen LogP contribution in [0.25, 0.3) is 0 Å². The lowest BCUT2D eigenvalue weighted by molar-refractivity contribution is -0.163. The Kier molecular flexibility index (Phi) is 5.03. The topological polar surface area (TPSA) is 57.3 Å². The van der Waals surface area contributed by atoms with Crippen molar-refractivity contribution in [2.45, 2.75) is 18.4 Å². The van der Waals surface area contributed by atoms with Crippen molar-refractivity contribution in [2.75, 3.05) is 0 Å². The number of hydrogen-bond donors (Lipinski definition) is 2. The van der Waals surface area contributed by atoms with Gasteiger partial charge in [0.15, 0.2) is 6.04 Å². The highest BCUT2D eigenvalue weighted by Gasteiger charge is 2.44. The van der Waals surface area contributed by atoms with E-state index in [0.717, 1.165) is 0 Å². The van der Waals surface area contributed by atoms with Gasteiger partial charge in [0, 0.05) is 18.0 Å². The molecule has 3 heterocycles. The minimum Gasteiger partial charge on any atom is -0.355 e. The Morgan fingerprint density at radius 3 is 2.60 bits per heavy atom. The number of carbonyl (C=O) groups is 1. The number of nitrogens with zero attached hydrogens (tertiary/aromatic N) is 2.